The van der Waals surface area contributed by atoms with Gasteiger partial charge in [0.25, 0.3) is 0 Å². The number of sulfone groups is 1. The van der Waals surface area contributed by atoms with Crippen LogP contribution in [-0.4, -0.2) is 32.5 Å². The van der Waals surface area contributed by atoms with Crippen molar-refractivity contribution in [2.45, 2.75) is 38.6 Å². The van der Waals surface area contributed by atoms with Crippen LogP contribution in [0.1, 0.15) is 32.6 Å². The van der Waals surface area contributed by atoms with Crippen molar-refractivity contribution in [2.75, 3.05) is 18.1 Å². The molecule has 1 N–H and O–H groups in total. The predicted octanol–water partition coefficient (Wildman–Crippen LogP) is 0.953. The summed E-state index contributed by atoms with van der Waals surface area (Å²) in [5, 5.41) is 3.29. The van der Waals surface area contributed by atoms with Crippen LogP contribution in [0.2, 0.25) is 0 Å². The summed E-state index contributed by atoms with van der Waals surface area (Å²) in [7, 11) is -2.70. The van der Waals surface area contributed by atoms with E-state index >= 15 is 0 Å². The van der Waals surface area contributed by atoms with E-state index in [1.54, 1.807) is 0 Å². The minimum atomic E-state index is -2.70. The van der Waals surface area contributed by atoms with Crippen LogP contribution in [0.15, 0.2) is 0 Å². The van der Waals surface area contributed by atoms with Gasteiger partial charge < -0.3 is 5.32 Å². The molecule has 3 nitrogen and oxygen atoms in total. The van der Waals surface area contributed by atoms with E-state index in [1.165, 1.54) is 12.8 Å². The second-order valence-electron chi connectivity index (χ2n) is 3.76. The first-order valence-corrected chi connectivity index (χ1v) is 6.90. The van der Waals surface area contributed by atoms with Crippen LogP contribution < -0.4 is 5.32 Å². The molecule has 0 radical (unpaired) electrons. The summed E-state index contributed by atoms with van der Waals surface area (Å²) in [6.07, 6.45) is 4.40. The molecule has 1 unspecified atom stereocenters. The first-order chi connectivity index (χ1) is 6.14. The molecule has 1 aliphatic rings. The van der Waals surface area contributed by atoms with Gasteiger partial charge in [0.05, 0.1) is 11.5 Å². The first-order valence-electron chi connectivity index (χ1n) is 5.08. The first kappa shape index (κ1) is 11.0. The summed E-state index contributed by atoms with van der Waals surface area (Å²) in [4.78, 5) is 0. The molecule has 1 aliphatic heterocycles. The summed E-state index contributed by atoms with van der Waals surface area (Å²) in [5.41, 5.74) is 0. The molecule has 1 rings (SSSR count). The highest BCUT2D eigenvalue weighted by atomic mass is 32.2. The second-order valence-corrected chi connectivity index (χ2v) is 5.99. The van der Waals surface area contributed by atoms with Crippen LogP contribution in [-0.2, 0) is 9.84 Å². The van der Waals surface area contributed by atoms with E-state index in [4.69, 9.17) is 0 Å². The number of rotatable bonds is 5. The van der Waals surface area contributed by atoms with Crippen molar-refractivity contribution in [2.24, 2.45) is 0 Å². The molecule has 1 saturated heterocycles. The molecule has 0 saturated carbocycles. The third-order valence-corrected chi connectivity index (χ3v) is 4.21. The Morgan fingerprint density at radius 2 is 2.15 bits per heavy atom. The molecular weight excluding hydrogens is 186 g/mol. The molecule has 0 aromatic heterocycles. The van der Waals surface area contributed by atoms with Crippen LogP contribution in [0, 0.1) is 0 Å². The molecule has 0 amide bonds. The molecule has 13 heavy (non-hydrogen) atoms. The summed E-state index contributed by atoms with van der Waals surface area (Å²) < 4.78 is 22.2. The smallest absolute Gasteiger partial charge is 0.151 e. The van der Waals surface area contributed by atoms with Gasteiger partial charge in [-0.3, -0.25) is 0 Å². The highest BCUT2D eigenvalue weighted by molar-refractivity contribution is 7.91. The van der Waals surface area contributed by atoms with Gasteiger partial charge in [0, 0.05) is 6.04 Å². The quantitative estimate of drug-likeness (QED) is 0.680. The van der Waals surface area contributed by atoms with Crippen LogP contribution in [0.25, 0.3) is 0 Å². The minimum absolute atomic E-state index is 0.224. The Kier molecular flexibility index (Phi) is 4.19. The van der Waals surface area contributed by atoms with Gasteiger partial charge in [-0.15, -0.1) is 0 Å². The van der Waals surface area contributed by atoms with E-state index in [0.29, 0.717) is 11.5 Å². The fourth-order valence-corrected chi connectivity index (χ4v) is 3.35. The normalized spacial score (nSPS) is 26.4. The monoisotopic (exact) mass is 205 g/mol. The van der Waals surface area contributed by atoms with Gasteiger partial charge in [-0.05, 0) is 19.4 Å². The molecule has 0 aliphatic carbocycles. The maximum Gasteiger partial charge on any atom is 0.151 e. The number of hydrogen-bond acceptors (Lipinski definition) is 3. The van der Waals surface area contributed by atoms with Crippen molar-refractivity contribution in [3.8, 4) is 0 Å². The van der Waals surface area contributed by atoms with Gasteiger partial charge in [0.15, 0.2) is 9.84 Å². The molecule has 0 aromatic rings. The van der Waals surface area contributed by atoms with Gasteiger partial charge >= 0.3 is 0 Å². The standard InChI is InChI=1S/C9H19NO2S/c1-2-3-4-6-10-9-5-7-13(11,12)8-9/h9-10H,2-8H2,1H3. The Morgan fingerprint density at radius 3 is 2.69 bits per heavy atom. The van der Waals surface area contributed by atoms with Crippen molar-refractivity contribution in [3.63, 3.8) is 0 Å². The zero-order valence-corrected chi connectivity index (χ0v) is 9.07. The third kappa shape index (κ3) is 4.09. The van der Waals surface area contributed by atoms with Crippen LogP contribution >= 0.6 is 0 Å². The minimum Gasteiger partial charge on any atom is -0.313 e. The summed E-state index contributed by atoms with van der Waals surface area (Å²) in [6.45, 7) is 3.13. The average Bonchev–Trinajstić information content (AvgIpc) is 2.40. The SMILES string of the molecule is CCCCCNC1CCS(=O)(=O)C1. The van der Waals surface area contributed by atoms with Gasteiger partial charge in [-0.1, -0.05) is 19.8 Å². The van der Waals surface area contributed by atoms with Crippen molar-refractivity contribution in [1.82, 2.24) is 5.32 Å². The van der Waals surface area contributed by atoms with E-state index < -0.39 is 9.84 Å². The summed E-state index contributed by atoms with van der Waals surface area (Å²) in [5.74, 6) is 0.720. The molecule has 4 heteroatoms. The maximum atomic E-state index is 11.1. The highest BCUT2D eigenvalue weighted by Gasteiger charge is 2.26. The molecule has 0 bridgehead atoms. The summed E-state index contributed by atoms with van der Waals surface area (Å²) >= 11 is 0. The van der Waals surface area contributed by atoms with Crippen LogP contribution in [0.5, 0.6) is 0 Å². The lowest BCUT2D eigenvalue weighted by Gasteiger charge is -2.09. The molecule has 1 heterocycles. The zero-order chi connectivity index (χ0) is 9.73. The van der Waals surface area contributed by atoms with E-state index in [9.17, 15) is 8.42 Å². The van der Waals surface area contributed by atoms with Gasteiger partial charge in [0.1, 0.15) is 0 Å². The van der Waals surface area contributed by atoms with Crippen molar-refractivity contribution >= 4 is 9.84 Å². The predicted molar refractivity (Wildman–Crippen MR) is 54.6 cm³/mol. The lowest BCUT2D eigenvalue weighted by Crippen LogP contribution is -2.30. The Balaban J connectivity index is 2.11. The van der Waals surface area contributed by atoms with Gasteiger partial charge in [0.2, 0.25) is 0 Å². The number of nitrogens with one attached hydrogen (secondary N) is 1. The molecule has 78 valence electrons. The lowest BCUT2D eigenvalue weighted by molar-refractivity contribution is 0.531. The van der Waals surface area contributed by atoms with Crippen LogP contribution in [0.3, 0.4) is 0 Å². The Hall–Kier alpha value is -0.0900. The fraction of sp³-hybridized carbons (Fsp3) is 1.00. The van der Waals surface area contributed by atoms with E-state index in [-0.39, 0.29) is 6.04 Å². The topological polar surface area (TPSA) is 46.2 Å². The summed E-state index contributed by atoms with van der Waals surface area (Å²) in [6, 6.07) is 0.224. The van der Waals surface area contributed by atoms with Gasteiger partial charge in [-0.25, -0.2) is 8.42 Å². The van der Waals surface area contributed by atoms with E-state index in [0.717, 1.165) is 19.4 Å². The molecule has 1 fully saturated rings. The Bertz CT molecular complexity index is 236. The second kappa shape index (κ2) is 4.96. The fourth-order valence-electron chi connectivity index (χ4n) is 1.64. The van der Waals surface area contributed by atoms with Crippen molar-refractivity contribution in [1.29, 1.82) is 0 Å². The maximum absolute atomic E-state index is 11.1. The third-order valence-electron chi connectivity index (χ3n) is 2.45. The Morgan fingerprint density at radius 1 is 1.38 bits per heavy atom. The van der Waals surface area contributed by atoms with E-state index in [2.05, 4.69) is 12.2 Å². The lowest BCUT2D eigenvalue weighted by atomic mass is 10.2. The Labute approximate surface area is 80.8 Å². The average molecular weight is 205 g/mol. The zero-order valence-electron chi connectivity index (χ0n) is 8.25. The molecule has 1 atom stereocenters. The van der Waals surface area contributed by atoms with E-state index in [1.807, 2.05) is 0 Å². The molecule has 0 aromatic carbocycles. The van der Waals surface area contributed by atoms with Crippen molar-refractivity contribution < 1.29 is 8.42 Å². The molecule has 0 spiro atoms. The van der Waals surface area contributed by atoms with Gasteiger partial charge in [-0.2, -0.15) is 0 Å². The molecular formula is C9H19NO2S. The highest BCUT2D eigenvalue weighted by Crippen LogP contribution is 2.11. The van der Waals surface area contributed by atoms with Crippen molar-refractivity contribution in [3.05, 3.63) is 0 Å². The number of hydrogen-bond donors (Lipinski definition) is 1. The largest absolute Gasteiger partial charge is 0.313 e. The number of unbranched alkanes of at least 4 members (excludes halogenated alkanes) is 2. The van der Waals surface area contributed by atoms with Crippen LogP contribution in [0.4, 0.5) is 0 Å².